The van der Waals surface area contributed by atoms with E-state index in [2.05, 4.69) is 96.0 Å². The lowest BCUT2D eigenvalue weighted by atomic mass is 9.86. The lowest BCUT2D eigenvalue weighted by Gasteiger charge is -2.25. The third-order valence-electron chi connectivity index (χ3n) is 6.41. The smallest absolute Gasteiger partial charge is 0.424 e. The van der Waals surface area contributed by atoms with Crippen molar-refractivity contribution in [3.8, 4) is 34.0 Å². The van der Waals surface area contributed by atoms with Crippen molar-refractivity contribution < 1.29 is 13.9 Å². The first-order valence-electron chi connectivity index (χ1n) is 9.71. The molecular formula is C25H18N2O+2. The molecule has 0 N–H and O–H groups in total. The number of hydrogen-bond donors (Lipinski definition) is 0. The Kier molecular flexibility index (Phi) is 2.34. The Bertz CT molecular complexity index is 1260. The molecule has 0 atom stereocenters. The highest BCUT2D eigenvalue weighted by Gasteiger charge is 2.70. The third kappa shape index (κ3) is 1.40. The molecule has 3 heteroatoms. The summed E-state index contributed by atoms with van der Waals surface area (Å²) in [5.41, 5.74) is 9.52. The van der Waals surface area contributed by atoms with E-state index < -0.39 is 5.66 Å². The van der Waals surface area contributed by atoms with Gasteiger partial charge in [-0.1, -0.05) is 12.1 Å². The van der Waals surface area contributed by atoms with E-state index in [1.807, 2.05) is 0 Å². The van der Waals surface area contributed by atoms with Gasteiger partial charge >= 0.3 is 5.66 Å². The van der Waals surface area contributed by atoms with E-state index in [4.69, 9.17) is 4.74 Å². The van der Waals surface area contributed by atoms with E-state index in [-0.39, 0.29) is 0 Å². The molecule has 2 aromatic heterocycles. The molecule has 0 saturated heterocycles. The largest absolute Gasteiger partial charge is 0.456 e. The van der Waals surface area contributed by atoms with Crippen LogP contribution in [0.2, 0.25) is 0 Å². The predicted molar refractivity (Wildman–Crippen MR) is 105 cm³/mol. The third-order valence-corrected chi connectivity index (χ3v) is 6.41. The van der Waals surface area contributed by atoms with Crippen LogP contribution in [0.3, 0.4) is 0 Å². The summed E-state index contributed by atoms with van der Waals surface area (Å²) in [6.45, 7) is 4.33. The zero-order valence-corrected chi connectivity index (χ0v) is 15.7. The highest BCUT2D eigenvalue weighted by Crippen LogP contribution is 2.56. The fourth-order valence-corrected chi connectivity index (χ4v) is 5.41. The van der Waals surface area contributed by atoms with Gasteiger partial charge in [-0.3, -0.25) is 0 Å². The summed E-state index contributed by atoms with van der Waals surface area (Å²) in [4.78, 5) is 0. The van der Waals surface area contributed by atoms with Crippen LogP contribution < -0.4 is 13.9 Å². The minimum atomic E-state index is -0.432. The molecule has 3 nitrogen and oxygen atoms in total. The number of hydrogen-bond acceptors (Lipinski definition) is 1. The molecule has 5 heterocycles. The molecule has 0 bridgehead atoms. The molecule has 3 aliphatic heterocycles. The van der Waals surface area contributed by atoms with E-state index >= 15 is 0 Å². The van der Waals surface area contributed by atoms with Crippen molar-refractivity contribution in [1.82, 2.24) is 0 Å². The summed E-state index contributed by atoms with van der Waals surface area (Å²) in [6.07, 6.45) is 4.57. The van der Waals surface area contributed by atoms with E-state index in [1.54, 1.807) is 0 Å². The molecule has 132 valence electrons. The summed E-state index contributed by atoms with van der Waals surface area (Å²) < 4.78 is 11.4. The number of nitrogens with zero attached hydrogens (tertiary/aromatic N) is 2. The van der Waals surface area contributed by atoms with Crippen LogP contribution in [-0.4, -0.2) is 0 Å². The van der Waals surface area contributed by atoms with Crippen molar-refractivity contribution in [2.75, 3.05) is 0 Å². The van der Waals surface area contributed by atoms with Gasteiger partial charge in [0, 0.05) is 23.3 Å². The summed E-state index contributed by atoms with van der Waals surface area (Å²) in [5, 5.41) is 0. The van der Waals surface area contributed by atoms with E-state index in [9.17, 15) is 0 Å². The molecule has 1 spiro atoms. The molecule has 0 fully saturated rings. The van der Waals surface area contributed by atoms with Crippen LogP contribution in [0.1, 0.15) is 22.3 Å². The van der Waals surface area contributed by atoms with Crippen LogP contribution >= 0.6 is 0 Å². The molecule has 0 radical (unpaired) electrons. The van der Waals surface area contributed by atoms with E-state index in [1.165, 1.54) is 44.8 Å². The van der Waals surface area contributed by atoms with Gasteiger partial charge < -0.3 is 4.74 Å². The summed E-state index contributed by atoms with van der Waals surface area (Å²) in [6, 6.07) is 21.7. The number of aryl methyl sites for hydroxylation is 2. The molecule has 0 aliphatic carbocycles. The van der Waals surface area contributed by atoms with Gasteiger partial charge in [0.25, 0.3) is 0 Å². The maximum absolute atomic E-state index is 6.45. The number of fused-ring (bicyclic) bond motifs is 4. The summed E-state index contributed by atoms with van der Waals surface area (Å²) in [5.74, 6) is 1.90. The normalized spacial score (nSPS) is 15.4. The first-order valence-corrected chi connectivity index (χ1v) is 9.71. The minimum Gasteiger partial charge on any atom is -0.456 e. The van der Waals surface area contributed by atoms with Crippen molar-refractivity contribution in [3.05, 3.63) is 95.3 Å². The monoisotopic (exact) mass is 362 g/mol. The average Bonchev–Trinajstić information content (AvgIpc) is 3.16. The van der Waals surface area contributed by atoms with Crippen molar-refractivity contribution in [3.63, 3.8) is 0 Å². The molecule has 28 heavy (non-hydrogen) atoms. The Labute approximate surface area is 163 Å². The van der Waals surface area contributed by atoms with Gasteiger partial charge in [-0.05, 0) is 50.2 Å². The second-order valence-corrected chi connectivity index (χ2v) is 8.06. The Balaban J connectivity index is 1.79. The quantitative estimate of drug-likeness (QED) is 0.369. The second kappa shape index (κ2) is 4.50. The first kappa shape index (κ1) is 14.6. The molecule has 0 amide bonds. The van der Waals surface area contributed by atoms with Crippen molar-refractivity contribution in [2.45, 2.75) is 19.5 Å². The zero-order valence-electron chi connectivity index (χ0n) is 15.7. The highest BCUT2D eigenvalue weighted by molar-refractivity contribution is 5.80. The topological polar surface area (TPSA) is 17.0 Å². The van der Waals surface area contributed by atoms with Crippen LogP contribution in [0.25, 0.3) is 22.5 Å². The fourth-order valence-electron chi connectivity index (χ4n) is 5.41. The van der Waals surface area contributed by atoms with Gasteiger partial charge in [0.1, 0.15) is 11.5 Å². The number of benzene rings is 2. The maximum Gasteiger partial charge on any atom is 0.424 e. The maximum atomic E-state index is 6.45. The molecular weight excluding hydrogens is 344 g/mol. The fraction of sp³-hybridized carbons (Fsp3) is 0.120. The highest BCUT2D eigenvalue weighted by atomic mass is 16.5. The van der Waals surface area contributed by atoms with Gasteiger partial charge in [-0.2, -0.15) is 0 Å². The van der Waals surface area contributed by atoms with Gasteiger partial charge in [0.05, 0.1) is 11.1 Å². The molecule has 7 rings (SSSR count). The Morgan fingerprint density at radius 1 is 0.643 bits per heavy atom. The predicted octanol–water partition coefficient (Wildman–Crippen LogP) is 4.24. The SMILES string of the molecule is Cc1ccc2[n+](c1)C13c4c(cccc4-2)Oc2cccc(c21)-c1ccc(C)c[n+]13. The summed E-state index contributed by atoms with van der Waals surface area (Å²) in [7, 11) is 0. The molecule has 2 aromatic carbocycles. The van der Waals surface area contributed by atoms with E-state index in [0.29, 0.717) is 0 Å². The number of rotatable bonds is 0. The van der Waals surface area contributed by atoms with Crippen LogP contribution in [0.15, 0.2) is 73.1 Å². The number of aromatic nitrogens is 2. The minimum absolute atomic E-state index is 0.432. The van der Waals surface area contributed by atoms with Gasteiger partial charge in [-0.25, -0.2) is 0 Å². The van der Waals surface area contributed by atoms with Crippen molar-refractivity contribution >= 4 is 0 Å². The second-order valence-electron chi connectivity index (χ2n) is 8.06. The molecule has 4 aromatic rings. The Morgan fingerprint density at radius 3 is 1.64 bits per heavy atom. The van der Waals surface area contributed by atoms with Crippen LogP contribution in [0.4, 0.5) is 0 Å². The average molecular weight is 362 g/mol. The van der Waals surface area contributed by atoms with Gasteiger partial charge in [0.2, 0.25) is 11.4 Å². The van der Waals surface area contributed by atoms with Crippen LogP contribution in [-0.2, 0) is 5.66 Å². The summed E-state index contributed by atoms with van der Waals surface area (Å²) >= 11 is 0. The first-order chi connectivity index (χ1) is 13.7. The van der Waals surface area contributed by atoms with E-state index in [0.717, 1.165) is 11.5 Å². The molecule has 0 unspecified atom stereocenters. The zero-order chi connectivity index (χ0) is 18.6. The van der Waals surface area contributed by atoms with Crippen molar-refractivity contribution in [1.29, 1.82) is 0 Å². The Morgan fingerprint density at radius 2 is 1.14 bits per heavy atom. The lowest BCUT2D eigenvalue weighted by Crippen LogP contribution is -2.72. The lowest BCUT2D eigenvalue weighted by molar-refractivity contribution is -0.955. The molecule has 0 saturated carbocycles. The Hall–Kier alpha value is -3.46. The number of ether oxygens (including phenoxy) is 1. The number of pyridine rings is 2. The molecule has 3 aliphatic rings. The van der Waals surface area contributed by atoms with Gasteiger partial charge in [0.15, 0.2) is 23.5 Å². The van der Waals surface area contributed by atoms with Crippen LogP contribution in [0.5, 0.6) is 11.5 Å². The van der Waals surface area contributed by atoms with Crippen LogP contribution in [0, 0.1) is 13.8 Å². The standard InChI is InChI=1S/C25H18N2O/c1-15-9-11-19-17-5-3-7-21-23(17)25(26(19)13-15)24-18(6-4-8-22(24)28-21)20-12-10-16(2)14-27(20)25/h3-14H,1-2H3/q+2. The van der Waals surface area contributed by atoms with Crippen molar-refractivity contribution in [2.24, 2.45) is 0 Å². The van der Waals surface area contributed by atoms with Gasteiger partial charge in [-0.15, -0.1) is 9.13 Å².